The number of rotatable bonds is 6. The Kier molecular flexibility index (Phi) is 5.45. The number of Topliss-reactive ketones (excluding diaryl/α,β-unsaturated/α-hetero) is 1. The molecule has 6 heteroatoms. The molecular formula is C21H22N2O4. The largest absolute Gasteiger partial charge is 0.493 e. The minimum absolute atomic E-state index is 0.103. The highest BCUT2D eigenvalue weighted by molar-refractivity contribution is 5.98. The number of carbonyl (C=O) groups excluding carboxylic acids is 2. The number of benzene rings is 2. The molecular weight excluding hydrogens is 344 g/mol. The number of carbonyl (C=O) groups is 2. The number of allylic oxidation sites excluding steroid dienone is 1. The van der Waals surface area contributed by atoms with Crippen LogP contribution in [0.3, 0.4) is 0 Å². The second-order valence-corrected chi connectivity index (χ2v) is 6.31. The van der Waals surface area contributed by atoms with Crippen LogP contribution in [0.25, 0.3) is 0 Å². The summed E-state index contributed by atoms with van der Waals surface area (Å²) in [5, 5.41) is 5.44. The zero-order chi connectivity index (χ0) is 19.4. The van der Waals surface area contributed by atoms with Gasteiger partial charge >= 0.3 is 6.03 Å². The highest BCUT2D eigenvalue weighted by atomic mass is 16.5. The molecule has 0 bridgehead atoms. The van der Waals surface area contributed by atoms with E-state index in [4.69, 9.17) is 9.47 Å². The molecule has 0 radical (unpaired) electrons. The summed E-state index contributed by atoms with van der Waals surface area (Å²) in [4.78, 5) is 24.0. The molecule has 0 aliphatic carbocycles. The molecule has 0 saturated carbocycles. The van der Waals surface area contributed by atoms with Crippen molar-refractivity contribution in [3.8, 4) is 11.5 Å². The van der Waals surface area contributed by atoms with Crippen molar-refractivity contribution in [1.29, 1.82) is 0 Å². The number of ketones is 1. The quantitative estimate of drug-likeness (QED) is 0.820. The number of urea groups is 1. The van der Waals surface area contributed by atoms with Crippen molar-refractivity contribution in [1.82, 2.24) is 10.6 Å². The van der Waals surface area contributed by atoms with E-state index in [1.165, 1.54) is 6.92 Å². The van der Waals surface area contributed by atoms with E-state index >= 15 is 0 Å². The first kappa shape index (κ1) is 18.5. The van der Waals surface area contributed by atoms with Crippen molar-refractivity contribution < 1.29 is 19.1 Å². The monoisotopic (exact) mass is 366 g/mol. The number of methoxy groups -OCH3 is 1. The predicted octanol–water partition coefficient (Wildman–Crippen LogP) is 3.49. The van der Waals surface area contributed by atoms with Crippen molar-refractivity contribution in [2.75, 3.05) is 7.11 Å². The number of nitrogens with one attached hydrogen (secondary N) is 2. The lowest BCUT2D eigenvalue weighted by molar-refractivity contribution is -0.114. The summed E-state index contributed by atoms with van der Waals surface area (Å²) in [5.41, 5.74) is 2.87. The summed E-state index contributed by atoms with van der Waals surface area (Å²) in [6.45, 7) is 3.62. The highest BCUT2D eigenvalue weighted by Crippen LogP contribution is 2.34. The maximum atomic E-state index is 12.1. The first-order valence-electron chi connectivity index (χ1n) is 8.63. The van der Waals surface area contributed by atoms with E-state index in [2.05, 4.69) is 10.6 Å². The lowest BCUT2D eigenvalue weighted by atomic mass is 9.93. The van der Waals surface area contributed by atoms with E-state index in [0.717, 1.165) is 11.1 Å². The Morgan fingerprint density at radius 2 is 1.85 bits per heavy atom. The third kappa shape index (κ3) is 4.11. The standard InChI is InChI=1S/C21H22N2O4/c1-13-19(14(2)24)20(23-21(25)22-13)16-9-10-17(18(11-16)26-3)27-12-15-7-5-4-6-8-15/h4-11,20H,12H2,1-3H3,(H2,22,23,25). The van der Waals surface area contributed by atoms with Gasteiger partial charge in [0, 0.05) is 11.3 Å². The van der Waals surface area contributed by atoms with Crippen LogP contribution in [-0.4, -0.2) is 18.9 Å². The summed E-state index contributed by atoms with van der Waals surface area (Å²) in [7, 11) is 1.56. The van der Waals surface area contributed by atoms with E-state index in [1.54, 1.807) is 26.2 Å². The van der Waals surface area contributed by atoms with Crippen molar-refractivity contribution in [3.63, 3.8) is 0 Å². The van der Waals surface area contributed by atoms with Crippen LogP contribution in [0.15, 0.2) is 59.8 Å². The van der Waals surface area contributed by atoms with Crippen molar-refractivity contribution in [3.05, 3.63) is 70.9 Å². The van der Waals surface area contributed by atoms with Gasteiger partial charge < -0.3 is 20.1 Å². The van der Waals surface area contributed by atoms with Crippen LogP contribution in [0, 0.1) is 0 Å². The molecule has 2 amide bonds. The molecule has 0 spiro atoms. The predicted molar refractivity (Wildman–Crippen MR) is 102 cm³/mol. The third-order valence-electron chi connectivity index (χ3n) is 4.41. The minimum atomic E-state index is -0.534. The highest BCUT2D eigenvalue weighted by Gasteiger charge is 2.29. The van der Waals surface area contributed by atoms with Gasteiger partial charge in [0.15, 0.2) is 17.3 Å². The van der Waals surface area contributed by atoms with Gasteiger partial charge in [-0.3, -0.25) is 4.79 Å². The molecule has 2 N–H and O–H groups in total. The average molecular weight is 366 g/mol. The van der Waals surface area contributed by atoms with E-state index < -0.39 is 6.04 Å². The molecule has 2 aromatic rings. The number of amides is 2. The summed E-state index contributed by atoms with van der Waals surface area (Å²) >= 11 is 0. The SMILES string of the molecule is COc1cc(C2NC(=O)NC(C)=C2C(C)=O)ccc1OCc1ccccc1. The van der Waals surface area contributed by atoms with Gasteiger partial charge in [0.2, 0.25) is 0 Å². The molecule has 3 rings (SSSR count). The minimum Gasteiger partial charge on any atom is -0.493 e. The van der Waals surface area contributed by atoms with E-state index in [9.17, 15) is 9.59 Å². The number of hydrogen-bond donors (Lipinski definition) is 2. The Labute approximate surface area is 158 Å². The molecule has 27 heavy (non-hydrogen) atoms. The zero-order valence-corrected chi connectivity index (χ0v) is 15.5. The topological polar surface area (TPSA) is 76.7 Å². The maximum Gasteiger partial charge on any atom is 0.319 e. The van der Waals surface area contributed by atoms with Gasteiger partial charge in [-0.1, -0.05) is 36.4 Å². The Bertz CT molecular complexity index is 890. The second kappa shape index (κ2) is 7.95. The van der Waals surface area contributed by atoms with Gasteiger partial charge in [-0.2, -0.15) is 0 Å². The number of hydrogen-bond acceptors (Lipinski definition) is 4. The fourth-order valence-corrected chi connectivity index (χ4v) is 3.13. The van der Waals surface area contributed by atoms with Crippen LogP contribution in [-0.2, 0) is 11.4 Å². The molecule has 0 saturated heterocycles. The van der Waals surface area contributed by atoms with Gasteiger partial charge in [-0.05, 0) is 37.1 Å². The molecule has 0 aromatic heterocycles. The zero-order valence-electron chi connectivity index (χ0n) is 15.5. The fourth-order valence-electron chi connectivity index (χ4n) is 3.13. The van der Waals surface area contributed by atoms with Crippen LogP contribution < -0.4 is 20.1 Å². The van der Waals surface area contributed by atoms with E-state index in [1.807, 2.05) is 36.4 Å². The fraction of sp³-hybridized carbons (Fsp3) is 0.238. The number of ether oxygens (including phenoxy) is 2. The first-order chi connectivity index (χ1) is 13.0. The Morgan fingerprint density at radius 3 is 2.52 bits per heavy atom. The lowest BCUT2D eigenvalue weighted by Gasteiger charge is -2.28. The van der Waals surface area contributed by atoms with Crippen LogP contribution in [0.4, 0.5) is 4.79 Å². The van der Waals surface area contributed by atoms with E-state index in [0.29, 0.717) is 29.4 Å². The second-order valence-electron chi connectivity index (χ2n) is 6.31. The molecule has 0 fully saturated rings. The van der Waals surface area contributed by atoms with E-state index in [-0.39, 0.29) is 11.8 Å². The smallest absolute Gasteiger partial charge is 0.319 e. The van der Waals surface area contributed by atoms with Crippen LogP contribution in [0.5, 0.6) is 11.5 Å². The third-order valence-corrected chi connectivity index (χ3v) is 4.41. The normalized spacial score (nSPS) is 16.4. The van der Waals surface area contributed by atoms with Crippen LogP contribution in [0.2, 0.25) is 0 Å². The lowest BCUT2D eigenvalue weighted by Crippen LogP contribution is -2.44. The van der Waals surface area contributed by atoms with Crippen molar-refractivity contribution in [2.24, 2.45) is 0 Å². The average Bonchev–Trinajstić information content (AvgIpc) is 2.66. The molecule has 140 valence electrons. The summed E-state index contributed by atoms with van der Waals surface area (Å²) in [6, 6.07) is 14.4. The van der Waals surface area contributed by atoms with Crippen molar-refractivity contribution in [2.45, 2.75) is 26.5 Å². The first-order valence-corrected chi connectivity index (χ1v) is 8.63. The Balaban J connectivity index is 1.88. The molecule has 1 unspecified atom stereocenters. The van der Waals surface area contributed by atoms with Gasteiger partial charge in [-0.15, -0.1) is 0 Å². The maximum absolute atomic E-state index is 12.1. The molecule has 1 atom stereocenters. The molecule has 1 aliphatic heterocycles. The Hall–Kier alpha value is -3.28. The van der Waals surface area contributed by atoms with Gasteiger partial charge in [0.25, 0.3) is 0 Å². The summed E-state index contributed by atoms with van der Waals surface area (Å²) < 4.78 is 11.3. The van der Waals surface area contributed by atoms with Gasteiger partial charge in [-0.25, -0.2) is 4.79 Å². The summed E-state index contributed by atoms with van der Waals surface area (Å²) in [5.74, 6) is 1.03. The Morgan fingerprint density at radius 1 is 1.11 bits per heavy atom. The van der Waals surface area contributed by atoms with Crippen LogP contribution in [0.1, 0.15) is 31.0 Å². The molecule has 6 nitrogen and oxygen atoms in total. The molecule has 2 aromatic carbocycles. The van der Waals surface area contributed by atoms with Gasteiger partial charge in [0.05, 0.1) is 13.2 Å². The van der Waals surface area contributed by atoms with Crippen LogP contribution >= 0.6 is 0 Å². The summed E-state index contributed by atoms with van der Waals surface area (Å²) in [6.07, 6.45) is 0. The van der Waals surface area contributed by atoms with Crippen molar-refractivity contribution >= 4 is 11.8 Å². The molecule has 1 heterocycles. The van der Waals surface area contributed by atoms with Gasteiger partial charge in [0.1, 0.15) is 6.61 Å². The molecule has 1 aliphatic rings.